The molecular formula is C10H17N3O4. The summed E-state index contributed by atoms with van der Waals surface area (Å²) in [6.07, 6.45) is 0.165. The third-order valence-electron chi connectivity index (χ3n) is 2.31. The van der Waals surface area contributed by atoms with Crippen molar-refractivity contribution in [3.05, 3.63) is 16.4 Å². The van der Waals surface area contributed by atoms with Gasteiger partial charge in [-0.05, 0) is 12.8 Å². The Bertz CT molecular complexity index is 419. The Kier molecular flexibility index (Phi) is 4.92. The number of aliphatic hydroxyl groups is 2. The molecule has 1 heterocycles. The Morgan fingerprint density at radius 2 is 2.35 bits per heavy atom. The van der Waals surface area contributed by atoms with Crippen LogP contribution in [0.25, 0.3) is 0 Å². The van der Waals surface area contributed by atoms with E-state index in [9.17, 15) is 9.90 Å². The first-order chi connectivity index (χ1) is 8.08. The second-order valence-electron chi connectivity index (χ2n) is 3.64. The molecule has 0 fully saturated rings. The summed E-state index contributed by atoms with van der Waals surface area (Å²) in [5.74, 6) is 0.110. The Balaban J connectivity index is 2.73. The average Bonchev–Trinajstić information content (AvgIpc) is 2.30. The lowest BCUT2D eigenvalue weighted by Gasteiger charge is -2.11. The first kappa shape index (κ1) is 13.5. The number of aliphatic hydroxyl groups excluding tert-OH is 2. The summed E-state index contributed by atoms with van der Waals surface area (Å²) in [6.45, 7) is 0.0678. The van der Waals surface area contributed by atoms with Crippen molar-refractivity contribution >= 4 is 5.82 Å². The summed E-state index contributed by atoms with van der Waals surface area (Å²) in [4.78, 5) is 15.5. The second kappa shape index (κ2) is 6.21. The van der Waals surface area contributed by atoms with E-state index in [1.54, 1.807) is 0 Å². The molecule has 17 heavy (non-hydrogen) atoms. The summed E-state index contributed by atoms with van der Waals surface area (Å²) in [5, 5.41) is 17.8. The normalized spacial score (nSPS) is 12.4. The number of nitrogens with two attached hydrogens (primary N) is 1. The van der Waals surface area contributed by atoms with Crippen molar-refractivity contribution in [2.24, 2.45) is 0 Å². The number of methoxy groups -OCH3 is 1. The van der Waals surface area contributed by atoms with Gasteiger partial charge in [0.2, 0.25) is 0 Å². The minimum Gasteiger partial charge on any atom is -0.468 e. The van der Waals surface area contributed by atoms with Crippen LogP contribution in [0.4, 0.5) is 5.82 Å². The molecule has 7 heteroatoms. The number of ether oxygens (including phenoxy) is 1. The van der Waals surface area contributed by atoms with E-state index in [1.165, 1.54) is 17.7 Å². The Labute approximate surface area is 98.5 Å². The molecule has 1 rings (SSSR count). The van der Waals surface area contributed by atoms with E-state index in [2.05, 4.69) is 4.98 Å². The van der Waals surface area contributed by atoms with Gasteiger partial charge in [-0.2, -0.15) is 4.98 Å². The summed E-state index contributed by atoms with van der Waals surface area (Å²) < 4.78 is 6.28. The zero-order valence-electron chi connectivity index (χ0n) is 9.67. The van der Waals surface area contributed by atoms with Crippen molar-refractivity contribution in [1.82, 2.24) is 9.55 Å². The molecule has 96 valence electrons. The van der Waals surface area contributed by atoms with Crippen LogP contribution < -0.4 is 16.0 Å². The predicted octanol–water partition coefficient (Wildman–Crippen LogP) is -1.03. The maximum Gasteiger partial charge on any atom is 0.300 e. The number of anilines is 1. The van der Waals surface area contributed by atoms with Crippen molar-refractivity contribution in [1.29, 1.82) is 0 Å². The molecule has 1 aromatic heterocycles. The number of nitrogens with zero attached hydrogens (tertiary/aromatic N) is 2. The van der Waals surface area contributed by atoms with Crippen LogP contribution in [0, 0.1) is 0 Å². The third-order valence-corrected chi connectivity index (χ3v) is 2.31. The summed E-state index contributed by atoms with van der Waals surface area (Å²) in [7, 11) is 1.40. The highest BCUT2D eigenvalue weighted by atomic mass is 16.5. The SMILES string of the molecule is COc1nc(N)cc(=O)n1CCCC(O)CO. The summed E-state index contributed by atoms with van der Waals surface area (Å²) >= 11 is 0. The monoisotopic (exact) mass is 243 g/mol. The van der Waals surface area contributed by atoms with Crippen molar-refractivity contribution in [2.75, 3.05) is 19.5 Å². The molecule has 0 radical (unpaired) electrons. The lowest BCUT2D eigenvalue weighted by molar-refractivity contribution is 0.0853. The van der Waals surface area contributed by atoms with Gasteiger partial charge in [0.1, 0.15) is 5.82 Å². The average molecular weight is 243 g/mol. The van der Waals surface area contributed by atoms with E-state index in [1.807, 2.05) is 0 Å². The van der Waals surface area contributed by atoms with Crippen molar-refractivity contribution in [2.45, 2.75) is 25.5 Å². The number of aromatic nitrogens is 2. The van der Waals surface area contributed by atoms with E-state index < -0.39 is 6.10 Å². The van der Waals surface area contributed by atoms with Crippen LogP contribution in [-0.4, -0.2) is 39.6 Å². The Morgan fingerprint density at radius 3 is 2.94 bits per heavy atom. The Morgan fingerprint density at radius 1 is 1.65 bits per heavy atom. The molecule has 0 bridgehead atoms. The molecule has 0 aromatic carbocycles. The molecule has 1 atom stereocenters. The lowest BCUT2D eigenvalue weighted by Crippen LogP contribution is -2.24. The third kappa shape index (κ3) is 3.72. The van der Waals surface area contributed by atoms with Crippen LogP contribution in [0.3, 0.4) is 0 Å². The quantitative estimate of drug-likeness (QED) is 0.589. The van der Waals surface area contributed by atoms with Gasteiger partial charge >= 0.3 is 6.01 Å². The number of hydrogen-bond acceptors (Lipinski definition) is 6. The van der Waals surface area contributed by atoms with Crippen LogP contribution in [0.2, 0.25) is 0 Å². The van der Waals surface area contributed by atoms with E-state index in [0.29, 0.717) is 19.4 Å². The maximum absolute atomic E-state index is 11.6. The number of hydrogen-bond donors (Lipinski definition) is 3. The molecule has 0 spiro atoms. The molecule has 7 nitrogen and oxygen atoms in total. The van der Waals surface area contributed by atoms with Gasteiger partial charge in [-0.3, -0.25) is 9.36 Å². The standard InChI is InChI=1S/C10H17N3O4/c1-17-10-12-8(11)5-9(16)13(10)4-2-3-7(15)6-14/h5,7,14-15H,2-4,6,11H2,1H3. The van der Waals surface area contributed by atoms with Gasteiger partial charge in [0, 0.05) is 12.6 Å². The van der Waals surface area contributed by atoms with Gasteiger partial charge in [0.25, 0.3) is 5.56 Å². The molecular weight excluding hydrogens is 226 g/mol. The zero-order valence-corrected chi connectivity index (χ0v) is 9.67. The van der Waals surface area contributed by atoms with Crippen LogP contribution >= 0.6 is 0 Å². The van der Waals surface area contributed by atoms with Gasteiger partial charge in [0.15, 0.2) is 0 Å². The molecule has 4 N–H and O–H groups in total. The van der Waals surface area contributed by atoms with E-state index in [0.717, 1.165) is 0 Å². The highest BCUT2D eigenvalue weighted by molar-refractivity contribution is 5.27. The topological polar surface area (TPSA) is 111 Å². The largest absolute Gasteiger partial charge is 0.468 e. The lowest BCUT2D eigenvalue weighted by atomic mass is 10.2. The highest BCUT2D eigenvalue weighted by Crippen LogP contribution is 2.08. The van der Waals surface area contributed by atoms with Gasteiger partial charge in [-0.1, -0.05) is 0 Å². The molecule has 0 aliphatic heterocycles. The fraction of sp³-hybridized carbons (Fsp3) is 0.600. The minimum absolute atomic E-state index is 0.110. The zero-order chi connectivity index (χ0) is 12.8. The predicted molar refractivity (Wildman–Crippen MR) is 61.8 cm³/mol. The van der Waals surface area contributed by atoms with Crippen LogP contribution in [0.5, 0.6) is 6.01 Å². The van der Waals surface area contributed by atoms with Crippen molar-refractivity contribution in [3.63, 3.8) is 0 Å². The molecule has 0 aliphatic carbocycles. The molecule has 0 amide bonds. The van der Waals surface area contributed by atoms with E-state index in [-0.39, 0.29) is 24.0 Å². The fourth-order valence-corrected chi connectivity index (χ4v) is 1.44. The van der Waals surface area contributed by atoms with Crippen LogP contribution in [0.15, 0.2) is 10.9 Å². The summed E-state index contributed by atoms with van der Waals surface area (Å²) in [6, 6.07) is 1.36. The van der Waals surface area contributed by atoms with E-state index >= 15 is 0 Å². The Hall–Kier alpha value is -1.60. The van der Waals surface area contributed by atoms with Crippen molar-refractivity contribution in [3.8, 4) is 6.01 Å². The van der Waals surface area contributed by atoms with Gasteiger partial charge in [0.05, 0.1) is 19.8 Å². The molecule has 0 saturated carbocycles. The fourth-order valence-electron chi connectivity index (χ4n) is 1.44. The molecule has 0 saturated heterocycles. The molecule has 0 aliphatic rings. The number of rotatable bonds is 6. The maximum atomic E-state index is 11.6. The first-order valence-corrected chi connectivity index (χ1v) is 5.28. The number of nitrogen functional groups attached to an aromatic ring is 1. The second-order valence-corrected chi connectivity index (χ2v) is 3.64. The minimum atomic E-state index is -0.765. The van der Waals surface area contributed by atoms with Crippen LogP contribution in [-0.2, 0) is 6.54 Å². The van der Waals surface area contributed by atoms with Gasteiger partial charge in [-0.25, -0.2) is 0 Å². The molecule has 1 aromatic rings. The van der Waals surface area contributed by atoms with E-state index in [4.69, 9.17) is 15.6 Å². The van der Waals surface area contributed by atoms with Crippen LogP contribution in [0.1, 0.15) is 12.8 Å². The summed E-state index contributed by atoms with van der Waals surface area (Å²) in [5.41, 5.74) is 5.13. The van der Waals surface area contributed by atoms with Crippen molar-refractivity contribution < 1.29 is 14.9 Å². The van der Waals surface area contributed by atoms with Gasteiger partial charge < -0.3 is 20.7 Å². The highest BCUT2D eigenvalue weighted by Gasteiger charge is 2.08. The smallest absolute Gasteiger partial charge is 0.300 e. The van der Waals surface area contributed by atoms with Gasteiger partial charge in [-0.15, -0.1) is 0 Å². The first-order valence-electron chi connectivity index (χ1n) is 5.28. The molecule has 1 unspecified atom stereocenters.